The summed E-state index contributed by atoms with van der Waals surface area (Å²) in [6.45, 7) is 2.48. The summed E-state index contributed by atoms with van der Waals surface area (Å²) in [6, 6.07) is 7.47. The van der Waals surface area contributed by atoms with Crippen molar-refractivity contribution in [3.05, 3.63) is 47.9 Å². The van der Waals surface area contributed by atoms with Crippen LogP contribution in [0.2, 0.25) is 0 Å². The highest BCUT2D eigenvalue weighted by Crippen LogP contribution is 2.12. The van der Waals surface area contributed by atoms with Gasteiger partial charge in [-0.05, 0) is 24.1 Å². The van der Waals surface area contributed by atoms with E-state index in [2.05, 4.69) is 20.6 Å². The van der Waals surface area contributed by atoms with Crippen LogP contribution >= 0.6 is 0 Å². The van der Waals surface area contributed by atoms with Crippen LogP contribution in [0.5, 0.6) is 0 Å². The summed E-state index contributed by atoms with van der Waals surface area (Å²) in [4.78, 5) is 30.0. The van der Waals surface area contributed by atoms with Crippen LogP contribution in [0.1, 0.15) is 35.8 Å². The average molecular weight is 314 g/mol. The number of hydrogen-bond donors (Lipinski definition) is 3. The fourth-order valence-electron chi connectivity index (χ4n) is 1.88. The summed E-state index contributed by atoms with van der Waals surface area (Å²) in [5.41, 5.74) is 1.67. The van der Waals surface area contributed by atoms with E-state index in [1.54, 1.807) is 0 Å². The second-order valence-electron chi connectivity index (χ2n) is 4.94. The number of hydrogen-bond acceptors (Lipinski definition) is 5. The number of anilines is 2. The molecule has 0 saturated carbocycles. The highest BCUT2D eigenvalue weighted by atomic mass is 16.4. The third-order valence-electron chi connectivity index (χ3n) is 3.06. The maximum Gasteiger partial charge on any atom is 0.356 e. The van der Waals surface area contributed by atoms with E-state index in [0.717, 1.165) is 17.7 Å². The number of rotatable bonds is 7. The Kier molecular flexibility index (Phi) is 5.62. The Morgan fingerprint density at radius 1 is 1.13 bits per heavy atom. The number of aromatic nitrogens is 2. The van der Waals surface area contributed by atoms with E-state index in [0.29, 0.717) is 18.8 Å². The van der Waals surface area contributed by atoms with Crippen LogP contribution in [0, 0.1) is 0 Å². The molecule has 0 radical (unpaired) electrons. The minimum atomic E-state index is -1.11. The van der Waals surface area contributed by atoms with Crippen LogP contribution < -0.4 is 10.6 Å². The minimum Gasteiger partial charge on any atom is -0.476 e. The minimum absolute atomic E-state index is 0.00664. The molecule has 0 atom stereocenters. The molecule has 1 aromatic heterocycles. The Morgan fingerprint density at radius 3 is 2.43 bits per heavy atom. The summed E-state index contributed by atoms with van der Waals surface area (Å²) in [7, 11) is 0. The molecule has 0 saturated heterocycles. The normalized spacial score (nSPS) is 10.1. The summed E-state index contributed by atoms with van der Waals surface area (Å²) < 4.78 is 0. The van der Waals surface area contributed by atoms with Gasteiger partial charge in [-0.1, -0.05) is 19.1 Å². The number of benzene rings is 1. The van der Waals surface area contributed by atoms with Gasteiger partial charge in [0.25, 0.3) is 0 Å². The van der Waals surface area contributed by atoms with Crippen LogP contribution in [0.4, 0.5) is 11.5 Å². The van der Waals surface area contributed by atoms with Crippen molar-refractivity contribution in [2.24, 2.45) is 0 Å². The Labute approximate surface area is 133 Å². The molecular weight excluding hydrogens is 296 g/mol. The summed E-state index contributed by atoms with van der Waals surface area (Å²) in [6.07, 6.45) is 3.91. The second-order valence-corrected chi connectivity index (χ2v) is 4.94. The van der Waals surface area contributed by atoms with Crippen molar-refractivity contribution in [1.82, 2.24) is 9.97 Å². The maximum atomic E-state index is 11.5. The molecule has 7 heteroatoms. The standard InChI is InChI=1S/C16H18N4O3/c1-2-3-15(21)20-12-6-4-11(5-7-12)8-18-14-10-17-13(9-19-14)16(22)23/h4-7,9-10H,2-3,8H2,1H3,(H,18,19)(H,20,21)(H,22,23). The first-order valence-electron chi connectivity index (χ1n) is 7.26. The van der Waals surface area contributed by atoms with E-state index in [1.807, 2.05) is 31.2 Å². The Balaban J connectivity index is 1.88. The number of carboxylic acid groups (broad SMARTS) is 1. The molecule has 1 heterocycles. The topological polar surface area (TPSA) is 104 Å². The number of carbonyl (C=O) groups excluding carboxylic acids is 1. The largest absolute Gasteiger partial charge is 0.476 e. The lowest BCUT2D eigenvalue weighted by atomic mass is 10.2. The van der Waals surface area contributed by atoms with E-state index in [9.17, 15) is 9.59 Å². The van der Waals surface area contributed by atoms with E-state index in [1.165, 1.54) is 12.4 Å². The van der Waals surface area contributed by atoms with Crippen molar-refractivity contribution in [1.29, 1.82) is 0 Å². The van der Waals surface area contributed by atoms with Gasteiger partial charge < -0.3 is 15.7 Å². The summed E-state index contributed by atoms with van der Waals surface area (Å²) >= 11 is 0. The number of nitrogens with one attached hydrogen (secondary N) is 2. The molecule has 1 amide bonds. The fraction of sp³-hybridized carbons (Fsp3) is 0.250. The first kappa shape index (κ1) is 16.4. The first-order valence-corrected chi connectivity index (χ1v) is 7.26. The Morgan fingerprint density at radius 2 is 1.87 bits per heavy atom. The zero-order chi connectivity index (χ0) is 16.7. The molecule has 3 N–H and O–H groups in total. The van der Waals surface area contributed by atoms with Crippen molar-refractivity contribution in [2.45, 2.75) is 26.3 Å². The number of nitrogens with zero attached hydrogens (tertiary/aromatic N) is 2. The van der Waals surface area contributed by atoms with Gasteiger partial charge in [-0.3, -0.25) is 4.79 Å². The molecule has 1 aromatic carbocycles. The lowest BCUT2D eigenvalue weighted by Gasteiger charge is -2.08. The third kappa shape index (κ3) is 5.06. The Bertz CT molecular complexity index is 669. The molecule has 120 valence electrons. The zero-order valence-corrected chi connectivity index (χ0v) is 12.7. The van der Waals surface area contributed by atoms with Gasteiger partial charge in [0.1, 0.15) is 5.82 Å². The molecule has 0 aliphatic heterocycles. The molecule has 2 rings (SSSR count). The molecular formula is C16H18N4O3. The smallest absolute Gasteiger partial charge is 0.356 e. The van der Waals surface area contributed by atoms with Gasteiger partial charge in [-0.2, -0.15) is 0 Å². The highest BCUT2D eigenvalue weighted by molar-refractivity contribution is 5.90. The quantitative estimate of drug-likeness (QED) is 0.725. The van der Waals surface area contributed by atoms with Gasteiger partial charge in [-0.15, -0.1) is 0 Å². The van der Waals surface area contributed by atoms with Crippen LogP contribution in [-0.4, -0.2) is 27.0 Å². The van der Waals surface area contributed by atoms with Gasteiger partial charge in [0.05, 0.1) is 12.4 Å². The summed E-state index contributed by atoms with van der Waals surface area (Å²) in [5, 5.41) is 14.6. The molecule has 0 bridgehead atoms. The van der Waals surface area contributed by atoms with Crippen molar-refractivity contribution in [3.8, 4) is 0 Å². The number of carboxylic acids is 1. The van der Waals surface area contributed by atoms with E-state index >= 15 is 0 Å². The SMILES string of the molecule is CCCC(=O)Nc1ccc(CNc2cnc(C(=O)O)cn2)cc1. The van der Waals surface area contributed by atoms with E-state index < -0.39 is 5.97 Å². The first-order chi connectivity index (χ1) is 11.1. The molecule has 0 fully saturated rings. The van der Waals surface area contributed by atoms with Gasteiger partial charge in [0.2, 0.25) is 5.91 Å². The van der Waals surface area contributed by atoms with E-state index in [4.69, 9.17) is 5.11 Å². The molecule has 0 unspecified atom stereocenters. The molecule has 7 nitrogen and oxygen atoms in total. The fourth-order valence-corrected chi connectivity index (χ4v) is 1.88. The van der Waals surface area contributed by atoms with Gasteiger partial charge >= 0.3 is 5.97 Å². The van der Waals surface area contributed by atoms with E-state index in [-0.39, 0.29) is 11.6 Å². The van der Waals surface area contributed by atoms with Crippen molar-refractivity contribution >= 4 is 23.4 Å². The number of aromatic carboxylic acids is 1. The van der Waals surface area contributed by atoms with Crippen LogP contribution in [0.25, 0.3) is 0 Å². The van der Waals surface area contributed by atoms with Gasteiger partial charge in [0.15, 0.2) is 5.69 Å². The third-order valence-corrected chi connectivity index (χ3v) is 3.06. The predicted octanol–water partition coefficient (Wildman–Crippen LogP) is 2.53. The predicted molar refractivity (Wildman–Crippen MR) is 86.3 cm³/mol. The van der Waals surface area contributed by atoms with Crippen molar-refractivity contribution in [2.75, 3.05) is 10.6 Å². The second kappa shape index (κ2) is 7.88. The van der Waals surface area contributed by atoms with Crippen molar-refractivity contribution < 1.29 is 14.7 Å². The van der Waals surface area contributed by atoms with Gasteiger partial charge in [0, 0.05) is 18.7 Å². The van der Waals surface area contributed by atoms with Crippen LogP contribution in [-0.2, 0) is 11.3 Å². The lowest BCUT2D eigenvalue weighted by molar-refractivity contribution is -0.116. The van der Waals surface area contributed by atoms with Crippen LogP contribution in [0.15, 0.2) is 36.7 Å². The zero-order valence-electron chi connectivity index (χ0n) is 12.7. The average Bonchev–Trinajstić information content (AvgIpc) is 2.55. The van der Waals surface area contributed by atoms with Crippen LogP contribution in [0.3, 0.4) is 0 Å². The highest BCUT2D eigenvalue weighted by Gasteiger charge is 2.05. The monoisotopic (exact) mass is 314 g/mol. The Hall–Kier alpha value is -2.96. The lowest BCUT2D eigenvalue weighted by Crippen LogP contribution is -2.10. The molecule has 0 aliphatic rings. The molecule has 0 spiro atoms. The molecule has 23 heavy (non-hydrogen) atoms. The number of amides is 1. The van der Waals surface area contributed by atoms with Crippen molar-refractivity contribution in [3.63, 3.8) is 0 Å². The van der Waals surface area contributed by atoms with Gasteiger partial charge in [-0.25, -0.2) is 14.8 Å². The molecule has 2 aromatic rings. The summed E-state index contributed by atoms with van der Waals surface area (Å²) in [5.74, 6) is -0.604. The maximum absolute atomic E-state index is 11.5. The molecule has 0 aliphatic carbocycles. The number of carbonyl (C=O) groups is 2.